The SMILES string of the molecule is Cc1ccc(N2C(=O)c3cc(-c4ccco4)nn3C[C@]2(C)C(=O)NCc2ccc(F)cc2)c(C)c1. The van der Waals surface area contributed by atoms with Crippen LogP contribution in [0.5, 0.6) is 0 Å². The Balaban J connectivity index is 1.55. The lowest BCUT2D eigenvalue weighted by Crippen LogP contribution is -2.64. The zero-order valence-corrected chi connectivity index (χ0v) is 19.7. The maximum Gasteiger partial charge on any atom is 0.277 e. The number of carbonyl (C=O) groups excluding carboxylic acids is 2. The third-order valence-electron chi connectivity index (χ3n) is 6.38. The van der Waals surface area contributed by atoms with Crippen LogP contribution < -0.4 is 10.2 Å². The van der Waals surface area contributed by atoms with Gasteiger partial charge in [0.2, 0.25) is 5.91 Å². The van der Waals surface area contributed by atoms with Crippen molar-refractivity contribution in [1.29, 1.82) is 0 Å². The first-order valence-corrected chi connectivity index (χ1v) is 11.3. The number of carbonyl (C=O) groups is 2. The Kier molecular flexibility index (Phi) is 5.51. The van der Waals surface area contributed by atoms with Crippen LogP contribution in [0.25, 0.3) is 11.5 Å². The molecule has 2 aromatic carbocycles. The standard InChI is InChI=1S/C27H25FN4O3/c1-17-6-11-22(18(2)13-17)32-25(33)23-14-21(24-5-4-12-35-24)30-31(23)16-27(32,3)26(34)29-15-19-7-9-20(28)10-8-19/h4-14H,15-16H2,1-3H3,(H,29,34)/t27-/m1/s1. The van der Waals surface area contributed by atoms with E-state index in [1.54, 1.807) is 53.1 Å². The fraction of sp³-hybridized carbons (Fsp3) is 0.222. The summed E-state index contributed by atoms with van der Waals surface area (Å²) < 4.78 is 20.3. The molecule has 1 aliphatic rings. The number of aryl methyl sites for hydroxylation is 2. The average Bonchev–Trinajstić information content (AvgIpc) is 3.50. The fourth-order valence-electron chi connectivity index (χ4n) is 4.54. The first-order valence-electron chi connectivity index (χ1n) is 11.3. The van der Waals surface area contributed by atoms with Gasteiger partial charge in [-0.2, -0.15) is 5.10 Å². The number of amides is 2. The van der Waals surface area contributed by atoms with Crippen LogP contribution in [-0.2, 0) is 17.9 Å². The highest BCUT2D eigenvalue weighted by atomic mass is 19.1. The molecule has 4 aromatic rings. The van der Waals surface area contributed by atoms with Gasteiger partial charge in [0.15, 0.2) is 5.76 Å². The number of aromatic nitrogens is 2. The van der Waals surface area contributed by atoms with Crippen molar-refractivity contribution in [2.75, 3.05) is 4.90 Å². The largest absolute Gasteiger partial charge is 0.463 e. The van der Waals surface area contributed by atoms with Gasteiger partial charge in [-0.25, -0.2) is 4.39 Å². The topological polar surface area (TPSA) is 80.4 Å². The lowest BCUT2D eigenvalue weighted by atomic mass is 9.92. The van der Waals surface area contributed by atoms with E-state index < -0.39 is 5.54 Å². The molecule has 178 valence electrons. The van der Waals surface area contributed by atoms with Crippen molar-refractivity contribution in [1.82, 2.24) is 15.1 Å². The number of hydrogen-bond acceptors (Lipinski definition) is 4. The molecular formula is C27H25FN4O3. The van der Waals surface area contributed by atoms with Gasteiger partial charge in [0.05, 0.1) is 12.8 Å². The van der Waals surface area contributed by atoms with Crippen molar-refractivity contribution < 1.29 is 18.4 Å². The van der Waals surface area contributed by atoms with Crippen LogP contribution in [0.1, 0.15) is 34.1 Å². The number of furan rings is 1. The summed E-state index contributed by atoms with van der Waals surface area (Å²) in [4.78, 5) is 29.1. The maximum atomic E-state index is 13.9. The minimum Gasteiger partial charge on any atom is -0.463 e. The van der Waals surface area contributed by atoms with E-state index in [-0.39, 0.29) is 30.7 Å². The number of rotatable bonds is 5. The van der Waals surface area contributed by atoms with Crippen molar-refractivity contribution in [3.05, 3.63) is 95.1 Å². The predicted molar refractivity (Wildman–Crippen MR) is 129 cm³/mol. The quantitative estimate of drug-likeness (QED) is 0.459. The van der Waals surface area contributed by atoms with Crippen molar-refractivity contribution in [3.63, 3.8) is 0 Å². The summed E-state index contributed by atoms with van der Waals surface area (Å²) >= 11 is 0. The van der Waals surface area contributed by atoms with E-state index >= 15 is 0 Å². The number of nitrogens with zero attached hydrogens (tertiary/aromatic N) is 3. The third kappa shape index (κ3) is 4.01. The molecule has 0 radical (unpaired) electrons. The van der Waals surface area contributed by atoms with Crippen LogP contribution in [0.2, 0.25) is 0 Å². The van der Waals surface area contributed by atoms with Gasteiger partial charge in [0.1, 0.15) is 22.7 Å². The molecule has 0 bridgehead atoms. The molecular weight excluding hydrogens is 447 g/mol. The Morgan fingerprint density at radius 2 is 1.91 bits per heavy atom. The molecule has 5 rings (SSSR count). The van der Waals surface area contributed by atoms with Crippen molar-refractivity contribution in [2.45, 2.75) is 39.4 Å². The zero-order chi connectivity index (χ0) is 24.7. The van der Waals surface area contributed by atoms with Crippen LogP contribution in [-0.4, -0.2) is 27.1 Å². The molecule has 2 amide bonds. The summed E-state index contributed by atoms with van der Waals surface area (Å²) in [6.07, 6.45) is 1.55. The molecule has 3 heterocycles. The van der Waals surface area contributed by atoms with Gasteiger partial charge in [-0.15, -0.1) is 0 Å². The Hall–Kier alpha value is -4.20. The molecule has 1 atom stereocenters. The molecule has 0 spiro atoms. The van der Waals surface area contributed by atoms with Crippen LogP contribution >= 0.6 is 0 Å². The van der Waals surface area contributed by atoms with Gasteiger partial charge in [0.25, 0.3) is 5.91 Å². The second-order valence-corrected chi connectivity index (χ2v) is 9.06. The molecule has 8 heteroatoms. The Morgan fingerprint density at radius 1 is 1.14 bits per heavy atom. The second-order valence-electron chi connectivity index (χ2n) is 9.06. The summed E-state index contributed by atoms with van der Waals surface area (Å²) in [5.41, 5.74) is 2.99. The lowest BCUT2D eigenvalue weighted by Gasteiger charge is -2.43. The minimum absolute atomic E-state index is 0.150. The number of halogens is 1. The number of benzene rings is 2. The Labute approximate surface area is 202 Å². The van der Waals surface area contributed by atoms with Crippen LogP contribution in [0.4, 0.5) is 10.1 Å². The lowest BCUT2D eigenvalue weighted by molar-refractivity contribution is -0.126. The Bertz CT molecular complexity index is 1410. The van der Waals surface area contributed by atoms with Crippen molar-refractivity contribution in [3.8, 4) is 11.5 Å². The van der Waals surface area contributed by atoms with E-state index in [0.717, 1.165) is 16.7 Å². The first-order chi connectivity index (χ1) is 16.8. The summed E-state index contributed by atoms with van der Waals surface area (Å²) in [5.74, 6) is -0.464. The molecule has 1 aliphatic heterocycles. The molecule has 2 aromatic heterocycles. The van der Waals surface area contributed by atoms with Gasteiger partial charge in [-0.1, -0.05) is 29.8 Å². The molecule has 0 saturated heterocycles. The number of hydrogen-bond donors (Lipinski definition) is 1. The molecule has 35 heavy (non-hydrogen) atoms. The van der Waals surface area contributed by atoms with Crippen LogP contribution in [0.3, 0.4) is 0 Å². The fourth-order valence-corrected chi connectivity index (χ4v) is 4.54. The van der Waals surface area contributed by atoms with Crippen LogP contribution in [0, 0.1) is 19.7 Å². The van der Waals surface area contributed by atoms with E-state index in [4.69, 9.17) is 4.42 Å². The summed E-state index contributed by atoms with van der Waals surface area (Å²) in [6.45, 7) is 5.99. The normalized spacial score (nSPS) is 17.4. The first kappa shape index (κ1) is 22.6. The highest BCUT2D eigenvalue weighted by Gasteiger charge is 2.49. The minimum atomic E-state index is -1.27. The molecule has 0 fully saturated rings. The van der Waals surface area contributed by atoms with E-state index in [1.165, 1.54) is 12.1 Å². The van der Waals surface area contributed by atoms with Crippen molar-refractivity contribution in [2.24, 2.45) is 0 Å². The highest BCUT2D eigenvalue weighted by Crippen LogP contribution is 2.36. The van der Waals surface area contributed by atoms with E-state index in [2.05, 4.69) is 10.4 Å². The van der Waals surface area contributed by atoms with Gasteiger partial charge < -0.3 is 9.73 Å². The Morgan fingerprint density at radius 3 is 2.60 bits per heavy atom. The van der Waals surface area contributed by atoms with Gasteiger partial charge in [0, 0.05) is 18.3 Å². The van der Waals surface area contributed by atoms with E-state index in [0.29, 0.717) is 22.8 Å². The molecule has 1 N–H and O–H groups in total. The monoisotopic (exact) mass is 472 g/mol. The maximum absolute atomic E-state index is 13.9. The summed E-state index contributed by atoms with van der Waals surface area (Å²) in [5, 5.41) is 7.50. The van der Waals surface area contributed by atoms with Crippen molar-refractivity contribution >= 4 is 17.5 Å². The smallest absolute Gasteiger partial charge is 0.277 e. The number of nitrogens with one attached hydrogen (secondary N) is 1. The molecule has 0 aliphatic carbocycles. The summed E-state index contributed by atoms with van der Waals surface area (Å²) in [7, 11) is 0. The summed E-state index contributed by atoms with van der Waals surface area (Å²) in [6, 6.07) is 16.9. The van der Waals surface area contributed by atoms with E-state index in [1.807, 2.05) is 32.0 Å². The van der Waals surface area contributed by atoms with Gasteiger partial charge in [-0.3, -0.25) is 19.2 Å². The molecule has 7 nitrogen and oxygen atoms in total. The average molecular weight is 473 g/mol. The number of anilines is 1. The zero-order valence-electron chi connectivity index (χ0n) is 19.7. The molecule has 0 saturated carbocycles. The van der Waals surface area contributed by atoms with Gasteiger partial charge in [-0.05, 0) is 62.2 Å². The van der Waals surface area contributed by atoms with E-state index in [9.17, 15) is 14.0 Å². The predicted octanol–water partition coefficient (Wildman–Crippen LogP) is 4.63. The van der Waals surface area contributed by atoms with Crippen LogP contribution in [0.15, 0.2) is 71.3 Å². The highest BCUT2D eigenvalue weighted by molar-refractivity contribution is 6.12. The number of fused-ring (bicyclic) bond motifs is 1. The molecule has 0 unspecified atom stereocenters. The third-order valence-corrected chi connectivity index (χ3v) is 6.38. The second kappa shape index (κ2) is 8.54. The van der Waals surface area contributed by atoms with Gasteiger partial charge >= 0.3 is 0 Å².